The Morgan fingerprint density at radius 3 is 2.54 bits per heavy atom. The van der Waals surface area contributed by atoms with Gasteiger partial charge in [-0.2, -0.15) is 0 Å². The van der Waals surface area contributed by atoms with Gasteiger partial charge in [-0.1, -0.05) is 17.7 Å². The zero-order valence-corrected chi connectivity index (χ0v) is 23.0. The molecule has 3 heterocycles. The number of morpholine rings is 1. The average molecular weight is 585 g/mol. The highest BCUT2D eigenvalue weighted by atomic mass is 35.5. The third kappa shape index (κ3) is 7.15. The maximum Gasteiger partial charge on any atom is 0.270 e. The van der Waals surface area contributed by atoms with Crippen molar-refractivity contribution in [3.63, 3.8) is 0 Å². The quantitative estimate of drug-likeness (QED) is 0.245. The van der Waals surface area contributed by atoms with Gasteiger partial charge in [0.15, 0.2) is 11.5 Å². The van der Waals surface area contributed by atoms with E-state index >= 15 is 0 Å². The SMILES string of the molecule is O=C(CN(CCN1CCOCC1)C(=O)c1ccc([N+](=O)[O-])cc1Cl)N(Cc1ccc2c(c1)OCO2)Cc1ccco1. The highest BCUT2D eigenvalue weighted by Gasteiger charge is 2.27. The second kappa shape index (κ2) is 13.0. The molecule has 0 bridgehead atoms. The molecule has 1 fully saturated rings. The van der Waals surface area contributed by atoms with Gasteiger partial charge in [0.1, 0.15) is 12.3 Å². The number of fused-ring (bicyclic) bond motifs is 1. The van der Waals surface area contributed by atoms with Crippen LogP contribution in [0.3, 0.4) is 0 Å². The Hall–Kier alpha value is -4.13. The average Bonchev–Trinajstić information content (AvgIpc) is 3.67. The van der Waals surface area contributed by atoms with Crippen molar-refractivity contribution in [2.75, 3.05) is 52.7 Å². The highest BCUT2D eigenvalue weighted by molar-refractivity contribution is 6.34. The van der Waals surface area contributed by atoms with Gasteiger partial charge < -0.3 is 28.4 Å². The van der Waals surface area contributed by atoms with Gasteiger partial charge in [-0.05, 0) is 35.9 Å². The predicted octanol–water partition coefficient (Wildman–Crippen LogP) is 3.57. The molecule has 2 aliphatic heterocycles. The first kappa shape index (κ1) is 28.4. The lowest BCUT2D eigenvalue weighted by atomic mass is 10.1. The van der Waals surface area contributed by atoms with E-state index in [4.69, 9.17) is 30.2 Å². The molecule has 2 aromatic carbocycles. The standard InChI is InChI=1S/C28H29ClN4O8/c29-24-15-21(33(36)37)4-5-23(24)28(35)31(8-7-30-9-12-38-13-10-30)18-27(34)32(17-22-2-1-11-39-22)16-20-3-6-25-26(14-20)41-19-40-25/h1-6,11,14-15H,7-10,12-13,16-19H2. The number of rotatable bonds is 11. The molecule has 12 nitrogen and oxygen atoms in total. The van der Waals surface area contributed by atoms with Crippen molar-refractivity contribution in [2.45, 2.75) is 13.1 Å². The van der Waals surface area contributed by atoms with E-state index in [2.05, 4.69) is 4.90 Å². The number of furan rings is 1. The Kier molecular flexibility index (Phi) is 9.02. The first-order chi connectivity index (χ1) is 19.9. The van der Waals surface area contributed by atoms with Crippen LogP contribution in [0.1, 0.15) is 21.7 Å². The summed E-state index contributed by atoms with van der Waals surface area (Å²) < 4.78 is 21.8. The van der Waals surface area contributed by atoms with Gasteiger partial charge in [0.05, 0.1) is 41.5 Å². The predicted molar refractivity (Wildman–Crippen MR) is 147 cm³/mol. The summed E-state index contributed by atoms with van der Waals surface area (Å²) in [5.74, 6) is 1.02. The maximum absolute atomic E-state index is 13.8. The molecule has 5 rings (SSSR count). The molecule has 1 saturated heterocycles. The largest absolute Gasteiger partial charge is 0.467 e. The third-order valence-electron chi connectivity index (χ3n) is 6.89. The minimum Gasteiger partial charge on any atom is -0.467 e. The summed E-state index contributed by atoms with van der Waals surface area (Å²) in [6.07, 6.45) is 1.54. The summed E-state index contributed by atoms with van der Waals surface area (Å²) in [6, 6.07) is 12.7. The zero-order chi connectivity index (χ0) is 28.8. The number of non-ortho nitro benzene ring substituents is 1. The van der Waals surface area contributed by atoms with Gasteiger partial charge in [0.25, 0.3) is 11.6 Å². The van der Waals surface area contributed by atoms with Crippen LogP contribution in [0.15, 0.2) is 59.2 Å². The fourth-order valence-electron chi connectivity index (χ4n) is 4.65. The number of carbonyl (C=O) groups excluding carboxylic acids is 2. The molecule has 2 amide bonds. The van der Waals surface area contributed by atoms with Crippen LogP contribution in [0.4, 0.5) is 5.69 Å². The van der Waals surface area contributed by atoms with E-state index in [1.54, 1.807) is 23.1 Å². The summed E-state index contributed by atoms with van der Waals surface area (Å²) >= 11 is 6.30. The van der Waals surface area contributed by atoms with Crippen molar-refractivity contribution in [1.82, 2.24) is 14.7 Å². The maximum atomic E-state index is 13.8. The van der Waals surface area contributed by atoms with Gasteiger partial charge in [-0.25, -0.2) is 0 Å². The van der Waals surface area contributed by atoms with E-state index in [1.165, 1.54) is 23.3 Å². The molecule has 0 spiro atoms. The van der Waals surface area contributed by atoms with E-state index in [0.29, 0.717) is 50.1 Å². The second-order valence-corrected chi connectivity index (χ2v) is 10.0. The van der Waals surface area contributed by atoms with Crippen LogP contribution in [0.25, 0.3) is 0 Å². The van der Waals surface area contributed by atoms with E-state index in [1.807, 2.05) is 12.1 Å². The summed E-state index contributed by atoms with van der Waals surface area (Å²) in [5, 5.41) is 11.1. The monoisotopic (exact) mass is 584 g/mol. The topological polar surface area (TPSA) is 128 Å². The number of nitro benzene ring substituents is 1. The second-order valence-electron chi connectivity index (χ2n) is 9.62. The van der Waals surface area contributed by atoms with Gasteiger partial charge in [0.2, 0.25) is 12.7 Å². The molecule has 41 heavy (non-hydrogen) atoms. The third-order valence-corrected chi connectivity index (χ3v) is 7.20. The molecule has 0 radical (unpaired) electrons. The number of hydrogen-bond donors (Lipinski definition) is 0. The number of benzene rings is 2. The molecule has 0 atom stereocenters. The molecule has 13 heteroatoms. The van der Waals surface area contributed by atoms with Crippen molar-refractivity contribution < 1.29 is 33.1 Å². The number of ether oxygens (including phenoxy) is 3. The van der Waals surface area contributed by atoms with Crippen molar-refractivity contribution in [2.24, 2.45) is 0 Å². The van der Waals surface area contributed by atoms with Crippen molar-refractivity contribution in [3.8, 4) is 11.5 Å². The van der Waals surface area contributed by atoms with Crippen LogP contribution in [0, 0.1) is 10.1 Å². The van der Waals surface area contributed by atoms with Crippen LogP contribution < -0.4 is 9.47 Å². The first-order valence-electron chi connectivity index (χ1n) is 13.1. The van der Waals surface area contributed by atoms with E-state index in [-0.39, 0.29) is 55.2 Å². The summed E-state index contributed by atoms with van der Waals surface area (Å²) in [4.78, 5) is 43.3. The molecule has 3 aromatic rings. The summed E-state index contributed by atoms with van der Waals surface area (Å²) in [6.45, 7) is 3.70. The molecule has 2 aliphatic rings. The Bertz CT molecular complexity index is 1390. The summed E-state index contributed by atoms with van der Waals surface area (Å²) in [7, 11) is 0. The molecular formula is C28H29ClN4O8. The van der Waals surface area contributed by atoms with Crippen molar-refractivity contribution in [3.05, 3.63) is 86.8 Å². The smallest absolute Gasteiger partial charge is 0.270 e. The Labute approximate surface area is 241 Å². The van der Waals surface area contributed by atoms with Crippen LogP contribution in [-0.2, 0) is 22.6 Å². The molecule has 0 aliphatic carbocycles. The van der Waals surface area contributed by atoms with Crippen LogP contribution in [-0.4, -0.2) is 84.2 Å². The minimum absolute atomic E-state index is 0.0548. The van der Waals surface area contributed by atoms with Crippen LogP contribution >= 0.6 is 11.6 Å². The van der Waals surface area contributed by atoms with Crippen molar-refractivity contribution >= 4 is 29.1 Å². The number of nitro groups is 1. The molecule has 0 N–H and O–H groups in total. The van der Waals surface area contributed by atoms with E-state index in [9.17, 15) is 19.7 Å². The normalized spacial score (nSPS) is 14.6. The number of carbonyl (C=O) groups is 2. The Morgan fingerprint density at radius 2 is 1.80 bits per heavy atom. The molecule has 0 saturated carbocycles. The lowest BCUT2D eigenvalue weighted by Gasteiger charge is -2.31. The molecular weight excluding hydrogens is 556 g/mol. The summed E-state index contributed by atoms with van der Waals surface area (Å²) in [5.41, 5.74) is 0.676. The number of hydrogen-bond acceptors (Lipinski definition) is 9. The van der Waals surface area contributed by atoms with Gasteiger partial charge >= 0.3 is 0 Å². The fraction of sp³-hybridized carbons (Fsp3) is 0.357. The zero-order valence-electron chi connectivity index (χ0n) is 22.2. The van der Waals surface area contributed by atoms with Crippen molar-refractivity contribution in [1.29, 1.82) is 0 Å². The molecule has 0 unspecified atom stereocenters. The Morgan fingerprint density at radius 1 is 1.00 bits per heavy atom. The van der Waals surface area contributed by atoms with Crippen LogP contribution in [0.2, 0.25) is 5.02 Å². The van der Waals surface area contributed by atoms with E-state index < -0.39 is 10.8 Å². The lowest BCUT2D eigenvalue weighted by Crippen LogP contribution is -2.47. The lowest BCUT2D eigenvalue weighted by molar-refractivity contribution is -0.384. The van der Waals surface area contributed by atoms with E-state index in [0.717, 1.165) is 11.6 Å². The molecule has 1 aromatic heterocycles. The minimum atomic E-state index is -0.581. The van der Waals surface area contributed by atoms with Gasteiger partial charge in [0, 0.05) is 44.9 Å². The number of amides is 2. The number of nitrogens with zero attached hydrogens (tertiary/aromatic N) is 4. The Balaban J connectivity index is 1.37. The van der Waals surface area contributed by atoms with Crippen LogP contribution in [0.5, 0.6) is 11.5 Å². The van der Waals surface area contributed by atoms with Gasteiger partial charge in [-0.3, -0.25) is 24.6 Å². The molecule has 216 valence electrons. The van der Waals surface area contributed by atoms with Gasteiger partial charge in [-0.15, -0.1) is 0 Å². The fourth-order valence-corrected chi connectivity index (χ4v) is 4.90. The first-order valence-corrected chi connectivity index (χ1v) is 13.5. The highest BCUT2D eigenvalue weighted by Crippen LogP contribution is 2.33. The number of halogens is 1.